The van der Waals surface area contributed by atoms with Crippen LogP contribution in [0.1, 0.15) is 19.8 Å². The van der Waals surface area contributed by atoms with E-state index in [1.165, 1.54) is 4.90 Å². The van der Waals surface area contributed by atoms with Crippen LogP contribution in [-0.4, -0.2) is 66.8 Å². The van der Waals surface area contributed by atoms with Gasteiger partial charge in [0.2, 0.25) is 11.8 Å². The molecule has 1 fully saturated rings. The largest absolute Gasteiger partial charge is 0.480 e. The second-order valence-electron chi connectivity index (χ2n) is 4.73. The summed E-state index contributed by atoms with van der Waals surface area (Å²) in [6.07, 6.45) is 1.69. The molecule has 114 valence electrons. The van der Waals surface area contributed by atoms with E-state index < -0.39 is 45.2 Å². The highest BCUT2D eigenvalue weighted by Crippen LogP contribution is 2.09. The summed E-state index contributed by atoms with van der Waals surface area (Å²) in [6.45, 7) is 2.16. The van der Waals surface area contributed by atoms with Crippen LogP contribution in [0.25, 0.3) is 0 Å². The van der Waals surface area contributed by atoms with Crippen LogP contribution in [-0.2, 0) is 24.2 Å². The Hall–Kier alpha value is -1.64. The number of hydrogen-bond donors (Lipinski definition) is 2. The first-order chi connectivity index (χ1) is 9.21. The van der Waals surface area contributed by atoms with E-state index in [2.05, 4.69) is 0 Å². The first-order valence-corrected chi connectivity index (χ1v) is 8.01. The van der Waals surface area contributed by atoms with E-state index in [9.17, 15) is 22.8 Å². The number of carbonyl (C=O) groups excluding carboxylic acids is 2. The Morgan fingerprint density at radius 2 is 1.80 bits per heavy atom. The van der Waals surface area contributed by atoms with Gasteiger partial charge in [-0.1, -0.05) is 0 Å². The standard InChI is InChI=1S/C11H18N2O6S/c1-8(14)12-9(11(16)17)6-20(18,19)7-10(15)13-4-2-3-5-13/h9H,2-7H2,1H3,(H,12,14)(H,16,17). The van der Waals surface area contributed by atoms with Gasteiger partial charge < -0.3 is 15.3 Å². The lowest BCUT2D eigenvalue weighted by Crippen LogP contribution is -2.46. The first kappa shape index (κ1) is 16.4. The summed E-state index contributed by atoms with van der Waals surface area (Å²) < 4.78 is 23.7. The van der Waals surface area contributed by atoms with Crippen LogP contribution in [0.15, 0.2) is 0 Å². The molecule has 1 rings (SSSR count). The molecule has 0 bridgehead atoms. The number of nitrogens with one attached hydrogen (secondary N) is 1. The van der Waals surface area contributed by atoms with Gasteiger partial charge in [0.1, 0.15) is 11.8 Å². The van der Waals surface area contributed by atoms with E-state index in [1.54, 1.807) is 0 Å². The van der Waals surface area contributed by atoms with E-state index in [-0.39, 0.29) is 0 Å². The monoisotopic (exact) mass is 306 g/mol. The lowest BCUT2D eigenvalue weighted by Gasteiger charge is -2.17. The maximum Gasteiger partial charge on any atom is 0.327 e. The van der Waals surface area contributed by atoms with Crippen molar-refractivity contribution in [2.75, 3.05) is 24.6 Å². The molecule has 1 heterocycles. The van der Waals surface area contributed by atoms with Gasteiger partial charge in [0.15, 0.2) is 9.84 Å². The quantitative estimate of drug-likeness (QED) is 0.623. The van der Waals surface area contributed by atoms with Gasteiger partial charge in [0.25, 0.3) is 0 Å². The third-order valence-electron chi connectivity index (χ3n) is 2.90. The van der Waals surface area contributed by atoms with Gasteiger partial charge in [0, 0.05) is 20.0 Å². The molecule has 1 aliphatic heterocycles. The van der Waals surface area contributed by atoms with Crippen molar-refractivity contribution >= 4 is 27.6 Å². The first-order valence-electron chi connectivity index (χ1n) is 6.19. The number of sulfone groups is 1. The zero-order valence-electron chi connectivity index (χ0n) is 11.2. The van der Waals surface area contributed by atoms with Crippen molar-refractivity contribution in [3.05, 3.63) is 0 Å². The summed E-state index contributed by atoms with van der Waals surface area (Å²) in [7, 11) is -3.89. The Labute approximate surface area is 117 Å². The Kier molecular flexibility index (Phi) is 5.49. The number of carboxylic acid groups (broad SMARTS) is 1. The van der Waals surface area contributed by atoms with Gasteiger partial charge in [-0.25, -0.2) is 13.2 Å². The van der Waals surface area contributed by atoms with Crippen LogP contribution in [0.4, 0.5) is 0 Å². The fraction of sp³-hybridized carbons (Fsp3) is 0.727. The molecule has 2 N–H and O–H groups in total. The average Bonchev–Trinajstić information content (AvgIpc) is 2.79. The molecule has 0 aromatic rings. The van der Waals surface area contributed by atoms with Crippen molar-refractivity contribution in [3.63, 3.8) is 0 Å². The minimum absolute atomic E-state index is 0.519. The fourth-order valence-electron chi connectivity index (χ4n) is 1.98. The van der Waals surface area contributed by atoms with Gasteiger partial charge in [-0.2, -0.15) is 0 Å². The smallest absolute Gasteiger partial charge is 0.327 e. The lowest BCUT2D eigenvalue weighted by molar-refractivity contribution is -0.140. The SMILES string of the molecule is CC(=O)NC(CS(=O)(=O)CC(=O)N1CCCC1)C(=O)O. The van der Waals surface area contributed by atoms with Crippen molar-refractivity contribution in [1.82, 2.24) is 10.2 Å². The predicted molar refractivity (Wildman–Crippen MR) is 69.7 cm³/mol. The second-order valence-corrected chi connectivity index (χ2v) is 6.84. The highest BCUT2D eigenvalue weighted by Gasteiger charge is 2.29. The Balaban J connectivity index is 2.64. The Morgan fingerprint density at radius 3 is 2.25 bits per heavy atom. The van der Waals surface area contributed by atoms with Gasteiger partial charge >= 0.3 is 5.97 Å². The molecule has 1 saturated heterocycles. The molecule has 0 radical (unpaired) electrons. The normalized spacial score (nSPS) is 16.8. The number of carboxylic acids is 1. The molecule has 1 aliphatic rings. The zero-order valence-corrected chi connectivity index (χ0v) is 12.0. The lowest BCUT2D eigenvalue weighted by atomic mass is 10.3. The maximum atomic E-state index is 11.8. The molecule has 20 heavy (non-hydrogen) atoms. The summed E-state index contributed by atoms with van der Waals surface area (Å²) in [6, 6.07) is -1.54. The number of aliphatic carboxylic acids is 1. The molecular formula is C11H18N2O6S. The van der Waals surface area contributed by atoms with Gasteiger partial charge in [-0.15, -0.1) is 0 Å². The molecule has 2 amide bonds. The summed E-state index contributed by atoms with van der Waals surface area (Å²) in [5.74, 6) is -4.12. The van der Waals surface area contributed by atoms with Crippen molar-refractivity contribution in [1.29, 1.82) is 0 Å². The molecule has 0 aliphatic carbocycles. The topological polar surface area (TPSA) is 121 Å². The van der Waals surface area contributed by atoms with Crippen molar-refractivity contribution in [2.45, 2.75) is 25.8 Å². The molecular weight excluding hydrogens is 288 g/mol. The third-order valence-corrected chi connectivity index (χ3v) is 4.43. The van der Waals surface area contributed by atoms with Crippen LogP contribution < -0.4 is 5.32 Å². The Bertz CT molecular complexity index is 495. The molecule has 8 nitrogen and oxygen atoms in total. The highest BCUT2D eigenvalue weighted by molar-refractivity contribution is 7.92. The van der Waals surface area contributed by atoms with Gasteiger partial charge in [-0.3, -0.25) is 9.59 Å². The molecule has 1 atom stereocenters. The van der Waals surface area contributed by atoms with Gasteiger partial charge in [0.05, 0.1) is 5.75 Å². The third kappa shape index (κ3) is 5.16. The maximum absolute atomic E-state index is 11.8. The summed E-state index contributed by atoms with van der Waals surface area (Å²) in [4.78, 5) is 34.9. The van der Waals surface area contributed by atoms with Crippen molar-refractivity contribution < 1.29 is 27.9 Å². The van der Waals surface area contributed by atoms with Crippen LogP contribution in [0.3, 0.4) is 0 Å². The molecule has 1 unspecified atom stereocenters. The van der Waals surface area contributed by atoms with Crippen molar-refractivity contribution in [2.24, 2.45) is 0 Å². The number of carbonyl (C=O) groups is 3. The van der Waals surface area contributed by atoms with E-state index >= 15 is 0 Å². The molecule has 0 saturated carbocycles. The number of nitrogens with zero attached hydrogens (tertiary/aromatic N) is 1. The molecule has 0 aromatic heterocycles. The summed E-state index contributed by atoms with van der Waals surface area (Å²) >= 11 is 0. The summed E-state index contributed by atoms with van der Waals surface area (Å²) in [5, 5.41) is 10.9. The number of rotatable bonds is 6. The van der Waals surface area contributed by atoms with Crippen LogP contribution in [0, 0.1) is 0 Å². The predicted octanol–water partition coefficient (Wildman–Crippen LogP) is -1.39. The highest BCUT2D eigenvalue weighted by atomic mass is 32.2. The molecule has 9 heteroatoms. The van der Waals surface area contributed by atoms with Crippen LogP contribution in [0.2, 0.25) is 0 Å². The van der Waals surface area contributed by atoms with E-state index in [4.69, 9.17) is 5.11 Å². The minimum atomic E-state index is -3.89. The van der Waals surface area contributed by atoms with Crippen LogP contribution >= 0.6 is 0 Å². The summed E-state index contributed by atoms with van der Waals surface area (Å²) in [5.41, 5.74) is 0. The Morgan fingerprint density at radius 1 is 1.25 bits per heavy atom. The number of amides is 2. The van der Waals surface area contributed by atoms with Crippen LogP contribution in [0.5, 0.6) is 0 Å². The van der Waals surface area contributed by atoms with E-state index in [1.807, 2.05) is 5.32 Å². The van der Waals surface area contributed by atoms with E-state index in [0.29, 0.717) is 13.1 Å². The number of hydrogen-bond acceptors (Lipinski definition) is 5. The number of likely N-dealkylation sites (tertiary alicyclic amines) is 1. The zero-order chi connectivity index (χ0) is 15.3. The van der Waals surface area contributed by atoms with Crippen molar-refractivity contribution in [3.8, 4) is 0 Å². The molecule has 0 aromatic carbocycles. The fourth-order valence-corrected chi connectivity index (χ4v) is 3.39. The molecule has 0 spiro atoms. The second kappa shape index (κ2) is 6.69. The minimum Gasteiger partial charge on any atom is -0.480 e. The van der Waals surface area contributed by atoms with E-state index in [0.717, 1.165) is 19.8 Å². The average molecular weight is 306 g/mol. The van der Waals surface area contributed by atoms with Gasteiger partial charge in [-0.05, 0) is 12.8 Å².